The summed E-state index contributed by atoms with van der Waals surface area (Å²) in [4.78, 5) is 20.7. The molecule has 148 valence electrons. The van der Waals surface area contributed by atoms with Gasteiger partial charge in [-0.2, -0.15) is 0 Å². The Kier molecular flexibility index (Phi) is 4.89. The van der Waals surface area contributed by atoms with Crippen molar-refractivity contribution in [3.8, 4) is 5.75 Å². The third-order valence-electron chi connectivity index (χ3n) is 5.45. The lowest BCUT2D eigenvalue weighted by molar-refractivity contribution is -0.127. The second kappa shape index (κ2) is 7.84. The molecule has 5 heteroatoms. The highest BCUT2D eigenvalue weighted by Gasteiger charge is 2.43. The van der Waals surface area contributed by atoms with Gasteiger partial charge in [-0.1, -0.05) is 84.6 Å². The monoisotopic (exact) mass is 412 g/mol. The maximum absolute atomic E-state index is 13.9. The van der Waals surface area contributed by atoms with E-state index in [0.29, 0.717) is 0 Å². The Morgan fingerprint density at radius 2 is 1.53 bits per heavy atom. The number of fused-ring (bicyclic) bond motifs is 1. The molecule has 0 aliphatic carbocycles. The van der Waals surface area contributed by atoms with E-state index in [1.165, 1.54) is 11.8 Å². The first-order chi connectivity index (χ1) is 14.8. The molecule has 0 bridgehead atoms. The van der Waals surface area contributed by atoms with E-state index >= 15 is 0 Å². The van der Waals surface area contributed by atoms with Crippen LogP contribution in [0.25, 0.3) is 5.70 Å². The van der Waals surface area contributed by atoms with Crippen LogP contribution in [0.4, 0.5) is 0 Å². The number of nitrogens with zero attached hydrogens (tertiary/aromatic N) is 2. The number of amides is 1. The molecule has 1 amide bonds. The Labute approximate surface area is 179 Å². The minimum Gasteiger partial charge on any atom is -0.497 e. The molecule has 2 aliphatic heterocycles. The van der Waals surface area contributed by atoms with Gasteiger partial charge in [0, 0.05) is 5.41 Å². The van der Waals surface area contributed by atoms with Crippen LogP contribution in [0.5, 0.6) is 5.75 Å². The second-order valence-corrected chi connectivity index (χ2v) is 8.02. The van der Waals surface area contributed by atoms with Crippen molar-refractivity contribution >= 4 is 28.5 Å². The lowest BCUT2D eigenvalue weighted by atomic mass is 9.85. The highest BCUT2D eigenvalue weighted by molar-refractivity contribution is 8.16. The van der Waals surface area contributed by atoms with Crippen LogP contribution in [0.1, 0.15) is 28.7 Å². The van der Waals surface area contributed by atoms with Gasteiger partial charge in [0.15, 0.2) is 5.17 Å². The fourth-order valence-corrected chi connectivity index (χ4v) is 4.87. The molecule has 0 radical (unpaired) electrons. The van der Waals surface area contributed by atoms with Gasteiger partial charge in [-0.05, 0) is 28.8 Å². The molecule has 0 N–H and O–H groups in total. The zero-order valence-electron chi connectivity index (χ0n) is 16.4. The lowest BCUT2D eigenvalue weighted by Gasteiger charge is -2.34. The molecule has 4 nitrogen and oxygen atoms in total. The third-order valence-corrected chi connectivity index (χ3v) is 6.29. The fourth-order valence-electron chi connectivity index (χ4n) is 3.95. The van der Waals surface area contributed by atoms with Crippen molar-refractivity contribution in [3.63, 3.8) is 0 Å². The molecular formula is C25H20N2O2S. The van der Waals surface area contributed by atoms with Gasteiger partial charge in [0.05, 0.1) is 24.8 Å². The van der Waals surface area contributed by atoms with E-state index in [4.69, 9.17) is 9.73 Å². The molecular weight excluding hydrogens is 392 g/mol. The van der Waals surface area contributed by atoms with Crippen molar-refractivity contribution in [3.05, 3.63) is 107 Å². The Balaban J connectivity index is 1.61. The van der Waals surface area contributed by atoms with Crippen molar-refractivity contribution in [2.45, 2.75) is 12.0 Å². The number of rotatable bonds is 4. The predicted octanol–water partition coefficient (Wildman–Crippen LogP) is 5.46. The number of thioether (sulfide) groups is 1. The number of methoxy groups -OCH3 is 1. The van der Waals surface area contributed by atoms with E-state index in [9.17, 15) is 4.79 Å². The summed E-state index contributed by atoms with van der Waals surface area (Å²) in [7, 11) is 1.65. The van der Waals surface area contributed by atoms with Crippen LogP contribution >= 0.6 is 11.8 Å². The Bertz CT molecular complexity index is 1120. The van der Waals surface area contributed by atoms with Gasteiger partial charge in [0.1, 0.15) is 5.75 Å². The van der Waals surface area contributed by atoms with Gasteiger partial charge in [0.25, 0.3) is 0 Å². The van der Waals surface area contributed by atoms with Gasteiger partial charge in [0.2, 0.25) is 5.91 Å². The molecule has 30 heavy (non-hydrogen) atoms. The minimum absolute atomic E-state index is 0.0483. The lowest BCUT2D eigenvalue weighted by Crippen LogP contribution is -2.41. The van der Waals surface area contributed by atoms with Crippen LogP contribution in [-0.4, -0.2) is 23.1 Å². The maximum atomic E-state index is 13.9. The summed E-state index contributed by atoms with van der Waals surface area (Å²) in [5.74, 6) is 0.441. The fraction of sp³-hybridized carbons (Fsp3) is 0.120. The molecule has 0 saturated carbocycles. The average Bonchev–Trinajstić information content (AvgIpc) is 3.25. The van der Waals surface area contributed by atoms with Crippen molar-refractivity contribution in [2.75, 3.05) is 7.11 Å². The SMILES string of the molecule is COc1ccc([C@@H]2N=C3SC=C(c4ccccc4)N3C(=O)[C@@H]2c2ccccc2)cc1. The third kappa shape index (κ3) is 3.21. The molecule has 3 aromatic rings. The Morgan fingerprint density at radius 1 is 0.867 bits per heavy atom. The normalized spacial score (nSPS) is 20.4. The van der Waals surface area contributed by atoms with Crippen LogP contribution in [0, 0.1) is 0 Å². The molecule has 0 aromatic heterocycles. The van der Waals surface area contributed by atoms with E-state index in [1.807, 2.05) is 90.3 Å². The summed E-state index contributed by atoms with van der Waals surface area (Å²) in [6.07, 6.45) is 0. The summed E-state index contributed by atoms with van der Waals surface area (Å²) in [5, 5.41) is 2.75. The number of carbonyl (C=O) groups is 1. The van der Waals surface area contributed by atoms with Crippen molar-refractivity contribution < 1.29 is 9.53 Å². The minimum atomic E-state index is -0.394. The molecule has 0 unspecified atom stereocenters. The summed E-state index contributed by atoms with van der Waals surface area (Å²) in [6, 6.07) is 27.5. The Hall–Kier alpha value is -3.31. The first-order valence-electron chi connectivity index (χ1n) is 9.79. The maximum Gasteiger partial charge on any atom is 0.243 e. The standard InChI is InChI=1S/C25H20N2O2S/c1-29-20-14-12-19(13-15-20)23-22(18-10-6-3-7-11-18)24(28)27-21(16-30-25(27)26-23)17-8-4-2-5-9-17/h2-16,22-23H,1H3/t22-,23+/m1/s1. The van der Waals surface area contributed by atoms with Crippen LogP contribution < -0.4 is 4.74 Å². The van der Waals surface area contributed by atoms with Gasteiger partial charge >= 0.3 is 0 Å². The van der Waals surface area contributed by atoms with Gasteiger partial charge in [-0.15, -0.1) is 0 Å². The van der Waals surface area contributed by atoms with Crippen LogP contribution in [0.15, 0.2) is 95.3 Å². The van der Waals surface area contributed by atoms with E-state index in [0.717, 1.165) is 33.3 Å². The highest BCUT2D eigenvalue weighted by Crippen LogP contribution is 2.46. The average molecular weight is 413 g/mol. The van der Waals surface area contributed by atoms with E-state index in [2.05, 4.69) is 0 Å². The summed E-state index contributed by atoms with van der Waals surface area (Å²) >= 11 is 1.50. The number of hydrogen-bond donors (Lipinski definition) is 0. The smallest absolute Gasteiger partial charge is 0.243 e. The largest absolute Gasteiger partial charge is 0.497 e. The number of carbonyl (C=O) groups excluding carboxylic acids is 1. The summed E-state index contributed by atoms with van der Waals surface area (Å²) in [5.41, 5.74) is 3.87. The number of hydrogen-bond acceptors (Lipinski definition) is 4. The Morgan fingerprint density at radius 3 is 2.20 bits per heavy atom. The van der Waals surface area contributed by atoms with Gasteiger partial charge < -0.3 is 4.74 Å². The predicted molar refractivity (Wildman–Crippen MR) is 121 cm³/mol. The van der Waals surface area contributed by atoms with E-state index < -0.39 is 5.92 Å². The second-order valence-electron chi connectivity index (χ2n) is 7.18. The first-order valence-corrected chi connectivity index (χ1v) is 10.7. The van der Waals surface area contributed by atoms with Crippen LogP contribution in [0.2, 0.25) is 0 Å². The number of aliphatic imine (C=N–C) groups is 1. The quantitative estimate of drug-likeness (QED) is 0.571. The molecule has 5 rings (SSSR count). The van der Waals surface area contributed by atoms with Gasteiger partial charge in [-0.3, -0.25) is 14.7 Å². The molecule has 3 aromatic carbocycles. The molecule has 2 aliphatic rings. The molecule has 0 spiro atoms. The molecule has 0 saturated heterocycles. The first kappa shape index (κ1) is 18.7. The van der Waals surface area contributed by atoms with Crippen molar-refractivity contribution in [1.29, 1.82) is 0 Å². The van der Waals surface area contributed by atoms with Crippen molar-refractivity contribution in [1.82, 2.24) is 4.90 Å². The van der Waals surface area contributed by atoms with E-state index in [1.54, 1.807) is 12.0 Å². The van der Waals surface area contributed by atoms with Crippen LogP contribution in [-0.2, 0) is 4.79 Å². The van der Waals surface area contributed by atoms with Crippen molar-refractivity contribution in [2.24, 2.45) is 4.99 Å². The van der Waals surface area contributed by atoms with Crippen LogP contribution in [0.3, 0.4) is 0 Å². The zero-order chi connectivity index (χ0) is 20.5. The summed E-state index contributed by atoms with van der Waals surface area (Å²) < 4.78 is 5.30. The molecule has 0 fully saturated rings. The number of amidine groups is 1. The van der Waals surface area contributed by atoms with Gasteiger partial charge in [-0.25, -0.2) is 0 Å². The molecule has 2 heterocycles. The topological polar surface area (TPSA) is 41.9 Å². The molecule has 2 atom stereocenters. The van der Waals surface area contributed by atoms with E-state index in [-0.39, 0.29) is 11.9 Å². The zero-order valence-corrected chi connectivity index (χ0v) is 17.3. The highest BCUT2D eigenvalue weighted by atomic mass is 32.2. The number of benzene rings is 3. The number of ether oxygens (including phenoxy) is 1. The summed E-state index contributed by atoms with van der Waals surface area (Å²) in [6.45, 7) is 0.